The highest BCUT2D eigenvalue weighted by molar-refractivity contribution is 8.00. The molecule has 0 spiro atoms. The van der Waals surface area contributed by atoms with Gasteiger partial charge in [-0.2, -0.15) is 0 Å². The zero-order chi connectivity index (χ0) is 15.5. The van der Waals surface area contributed by atoms with Gasteiger partial charge < -0.3 is 15.2 Å². The first-order chi connectivity index (χ1) is 9.95. The molecule has 1 saturated heterocycles. The number of Topliss-reactive ketones (excluding diaryl/α,β-unsaturated/α-hetero) is 1. The number of aliphatic hydroxyl groups is 1. The predicted molar refractivity (Wildman–Crippen MR) is 81.4 cm³/mol. The SMILES string of the molecule is COc1ccc([C@@](C)(O)C(=O)C[C@H]2SCCNC2=O)cc1. The molecule has 1 amide bonds. The maximum atomic E-state index is 12.4. The average Bonchev–Trinajstić information content (AvgIpc) is 2.49. The summed E-state index contributed by atoms with van der Waals surface area (Å²) in [6, 6.07) is 6.70. The Labute approximate surface area is 128 Å². The molecule has 0 unspecified atom stereocenters. The zero-order valence-corrected chi connectivity index (χ0v) is 12.9. The lowest BCUT2D eigenvalue weighted by Gasteiger charge is -2.26. The Morgan fingerprint density at radius 2 is 2.14 bits per heavy atom. The molecule has 2 atom stereocenters. The Hall–Kier alpha value is -1.53. The smallest absolute Gasteiger partial charge is 0.233 e. The summed E-state index contributed by atoms with van der Waals surface area (Å²) < 4.78 is 5.06. The van der Waals surface area contributed by atoms with Crippen molar-refractivity contribution in [1.82, 2.24) is 5.32 Å². The molecule has 2 rings (SSSR count). The third-order valence-corrected chi connectivity index (χ3v) is 4.80. The van der Waals surface area contributed by atoms with E-state index in [1.807, 2.05) is 0 Å². The lowest BCUT2D eigenvalue weighted by molar-refractivity contribution is -0.138. The van der Waals surface area contributed by atoms with Crippen LogP contribution in [0.3, 0.4) is 0 Å². The first-order valence-corrected chi connectivity index (χ1v) is 7.79. The first-order valence-electron chi connectivity index (χ1n) is 6.74. The van der Waals surface area contributed by atoms with Gasteiger partial charge in [0.05, 0.1) is 12.4 Å². The van der Waals surface area contributed by atoms with Crippen molar-refractivity contribution in [2.45, 2.75) is 24.2 Å². The van der Waals surface area contributed by atoms with Gasteiger partial charge in [0.1, 0.15) is 11.4 Å². The van der Waals surface area contributed by atoms with Gasteiger partial charge >= 0.3 is 0 Å². The summed E-state index contributed by atoms with van der Waals surface area (Å²) in [5.41, 5.74) is -1.11. The van der Waals surface area contributed by atoms with Crippen LogP contribution in [0.5, 0.6) is 5.75 Å². The summed E-state index contributed by atoms with van der Waals surface area (Å²) in [6.07, 6.45) is 0.0233. The summed E-state index contributed by atoms with van der Waals surface area (Å²) in [7, 11) is 1.55. The van der Waals surface area contributed by atoms with E-state index in [9.17, 15) is 14.7 Å². The second-order valence-electron chi connectivity index (χ2n) is 5.08. The van der Waals surface area contributed by atoms with Crippen LogP contribution in [-0.4, -0.2) is 41.5 Å². The highest BCUT2D eigenvalue weighted by atomic mass is 32.2. The molecule has 0 radical (unpaired) electrons. The van der Waals surface area contributed by atoms with Crippen LogP contribution in [0.15, 0.2) is 24.3 Å². The molecule has 6 heteroatoms. The summed E-state index contributed by atoms with van der Waals surface area (Å²) in [6.45, 7) is 2.09. The maximum absolute atomic E-state index is 12.4. The Morgan fingerprint density at radius 1 is 1.48 bits per heavy atom. The van der Waals surface area contributed by atoms with E-state index in [4.69, 9.17) is 4.74 Å². The number of nitrogens with one attached hydrogen (secondary N) is 1. The summed E-state index contributed by atoms with van der Waals surface area (Å²) >= 11 is 1.45. The van der Waals surface area contributed by atoms with Gasteiger partial charge in [-0.1, -0.05) is 12.1 Å². The number of thioether (sulfide) groups is 1. The standard InChI is InChI=1S/C15H19NO4S/c1-15(19,10-3-5-11(20-2)6-4-10)13(17)9-12-14(18)16-7-8-21-12/h3-6,12,19H,7-9H2,1-2H3,(H,16,18)/t12-,15-/m1/s1. The lowest BCUT2D eigenvalue weighted by Crippen LogP contribution is -2.43. The Morgan fingerprint density at radius 3 is 2.71 bits per heavy atom. The van der Waals surface area contributed by atoms with Crippen LogP contribution >= 0.6 is 11.8 Å². The minimum absolute atomic E-state index is 0.0233. The fraction of sp³-hybridized carbons (Fsp3) is 0.467. The van der Waals surface area contributed by atoms with Crippen LogP contribution in [0.2, 0.25) is 0 Å². The van der Waals surface area contributed by atoms with Crippen LogP contribution < -0.4 is 10.1 Å². The van der Waals surface area contributed by atoms with E-state index in [1.165, 1.54) is 18.7 Å². The molecular weight excluding hydrogens is 290 g/mol. The quantitative estimate of drug-likeness (QED) is 0.852. The number of benzene rings is 1. The van der Waals surface area contributed by atoms with Crippen molar-refractivity contribution in [3.63, 3.8) is 0 Å². The van der Waals surface area contributed by atoms with Crippen LogP contribution in [0.1, 0.15) is 18.9 Å². The van der Waals surface area contributed by atoms with Gasteiger partial charge in [-0.25, -0.2) is 0 Å². The van der Waals surface area contributed by atoms with Crippen molar-refractivity contribution < 1.29 is 19.4 Å². The molecular formula is C15H19NO4S. The van der Waals surface area contributed by atoms with Crippen LogP contribution in [0.25, 0.3) is 0 Å². The summed E-state index contributed by atoms with van der Waals surface area (Å²) in [4.78, 5) is 24.1. The van der Waals surface area contributed by atoms with E-state index >= 15 is 0 Å². The topological polar surface area (TPSA) is 75.6 Å². The van der Waals surface area contributed by atoms with Crippen molar-refractivity contribution in [1.29, 1.82) is 0 Å². The number of methoxy groups -OCH3 is 1. The van der Waals surface area contributed by atoms with E-state index in [0.717, 1.165) is 5.75 Å². The van der Waals surface area contributed by atoms with Crippen molar-refractivity contribution in [3.8, 4) is 5.75 Å². The van der Waals surface area contributed by atoms with Gasteiger partial charge in [-0.05, 0) is 24.6 Å². The monoisotopic (exact) mass is 309 g/mol. The minimum atomic E-state index is -1.61. The third-order valence-electron chi connectivity index (χ3n) is 3.58. The molecule has 1 aliphatic rings. The highest BCUT2D eigenvalue weighted by Gasteiger charge is 2.36. The van der Waals surface area contributed by atoms with Crippen LogP contribution in [0.4, 0.5) is 0 Å². The third kappa shape index (κ3) is 3.57. The van der Waals surface area contributed by atoms with Crippen LogP contribution in [0, 0.1) is 0 Å². The fourth-order valence-corrected chi connectivity index (χ4v) is 3.17. The van der Waals surface area contributed by atoms with Gasteiger partial charge in [-0.3, -0.25) is 9.59 Å². The van der Waals surface area contributed by atoms with Crippen molar-refractivity contribution in [3.05, 3.63) is 29.8 Å². The lowest BCUT2D eigenvalue weighted by atomic mass is 9.89. The number of amides is 1. The van der Waals surface area contributed by atoms with E-state index < -0.39 is 10.9 Å². The number of carbonyl (C=O) groups excluding carboxylic acids is 2. The van der Waals surface area contributed by atoms with Crippen LogP contribution in [-0.2, 0) is 15.2 Å². The van der Waals surface area contributed by atoms with Gasteiger partial charge in [0.25, 0.3) is 0 Å². The Kier molecular flexibility index (Phi) is 4.90. The van der Waals surface area contributed by atoms with Gasteiger partial charge in [-0.15, -0.1) is 11.8 Å². The number of hydrogen-bond donors (Lipinski definition) is 2. The van der Waals surface area contributed by atoms with E-state index in [-0.39, 0.29) is 18.1 Å². The Balaban J connectivity index is 2.09. The van der Waals surface area contributed by atoms with Gasteiger partial charge in [0, 0.05) is 18.7 Å². The molecule has 1 aromatic rings. The Bertz CT molecular complexity index is 527. The number of carbonyl (C=O) groups is 2. The molecule has 1 aromatic carbocycles. The molecule has 0 aromatic heterocycles. The second kappa shape index (κ2) is 6.49. The van der Waals surface area contributed by atoms with Gasteiger partial charge in [0.2, 0.25) is 5.91 Å². The van der Waals surface area contributed by atoms with Gasteiger partial charge in [0.15, 0.2) is 5.78 Å². The summed E-state index contributed by atoms with van der Waals surface area (Å²) in [5, 5.41) is 12.8. The number of ether oxygens (including phenoxy) is 1. The molecule has 21 heavy (non-hydrogen) atoms. The molecule has 1 aliphatic heterocycles. The molecule has 1 fully saturated rings. The predicted octanol–water partition coefficient (Wildman–Crippen LogP) is 1.09. The molecule has 2 N–H and O–H groups in total. The molecule has 114 valence electrons. The summed E-state index contributed by atoms with van der Waals surface area (Å²) in [5.74, 6) is 0.950. The average molecular weight is 309 g/mol. The first kappa shape index (κ1) is 15.9. The van der Waals surface area contributed by atoms with E-state index in [0.29, 0.717) is 17.9 Å². The number of hydrogen-bond acceptors (Lipinski definition) is 5. The largest absolute Gasteiger partial charge is 0.497 e. The van der Waals surface area contributed by atoms with E-state index in [2.05, 4.69) is 5.32 Å². The molecule has 0 bridgehead atoms. The van der Waals surface area contributed by atoms with E-state index in [1.54, 1.807) is 31.4 Å². The van der Waals surface area contributed by atoms with Crippen molar-refractivity contribution in [2.75, 3.05) is 19.4 Å². The maximum Gasteiger partial charge on any atom is 0.233 e. The zero-order valence-electron chi connectivity index (χ0n) is 12.1. The molecule has 0 aliphatic carbocycles. The molecule has 1 heterocycles. The van der Waals surface area contributed by atoms with Crippen molar-refractivity contribution >= 4 is 23.5 Å². The molecule has 0 saturated carbocycles. The second-order valence-corrected chi connectivity index (χ2v) is 6.39. The molecule has 5 nitrogen and oxygen atoms in total. The highest BCUT2D eigenvalue weighted by Crippen LogP contribution is 2.28. The fourth-order valence-electron chi connectivity index (χ4n) is 2.16. The minimum Gasteiger partial charge on any atom is -0.497 e. The number of rotatable bonds is 5. The number of ketones is 1. The normalized spacial score (nSPS) is 21.3. The van der Waals surface area contributed by atoms with Crippen molar-refractivity contribution in [2.24, 2.45) is 0 Å².